The van der Waals surface area contributed by atoms with Gasteiger partial charge < -0.3 is 10.1 Å². The van der Waals surface area contributed by atoms with Gasteiger partial charge >= 0.3 is 0 Å². The SMILES string of the molecule is C#CCNC(=O)C1COc2ccccc21. The van der Waals surface area contributed by atoms with E-state index >= 15 is 0 Å². The van der Waals surface area contributed by atoms with Crippen LogP contribution in [0.5, 0.6) is 5.75 Å². The molecule has 1 heterocycles. The summed E-state index contributed by atoms with van der Waals surface area (Å²) in [5, 5.41) is 2.66. The van der Waals surface area contributed by atoms with Gasteiger partial charge in [0.25, 0.3) is 0 Å². The monoisotopic (exact) mass is 201 g/mol. The van der Waals surface area contributed by atoms with E-state index in [0.29, 0.717) is 6.61 Å². The smallest absolute Gasteiger partial charge is 0.231 e. The molecule has 0 aliphatic carbocycles. The maximum atomic E-state index is 11.7. The fourth-order valence-corrected chi connectivity index (χ4v) is 1.64. The lowest BCUT2D eigenvalue weighted by atomic mass is 10.0. The van der Waals surface area contributed by atoms with E-state index in [1.54, 1.807) is 0 Å². The molecule has 0 aromatic heterocycles. The maximum absolute atomic E-state index is 11.7. The molecule has 1 aromatic rings. The normalized spacial score (nSPS) is 17.4. The number of fused-ring (bicyclic) bond motifs is 1. The summed E-state index contributed by atoms with van der Waals surface area (Å²) in [7, 11) is 0. The van der Waals surface area contributed by atoms with Crippen LogP contribution in [0.25, 0.3) is 0 Å². The first-order chi connectivity index (χ1) is 7.33. The summed E-state index contributed by atoms with van der Waals surface area (Å²) in [5.74, 6) is 2.86. The number of amides is 1. The highest BCUT2D eigenvalue weighted by Crippen LogP contribution is 2.33. The third-order valence-corrected chi connectivity index (χ3v) is 2.38. The van der Waals surface area contributed by atoms with Crippen LogP contribution in [0.1, 0.15) is 11.5 Å². The zero-order chi connectivity index (χ0) is 10.7. The van der Waals surface area contributed by atoms with Crippen LogP contribution in [0.2, 0.25) is 0 Å². The van der Waals surface area contributed by atoms with E-state index in [1.807, 2.05) is 24.3 Å². The molecule has 1 atom stereocenters. The average molecular weight is 201 g/mol. The molecule has 3 heteroatoms. The summed E-state index contributed by atoms with van der Waals surface area (Å²) >= 11 is 0. The number of hydrogen-bond acceptors (Lipinski definition) is 2. The van der Waals surface area contributed by atoms with Crippen LogP contribution in [0.15, 0.2) is 24.3 Å². The largest absolute Gasteiger partial charge is 0.492 e. The minimum Gasteiger partial charge on any atom is -0.492 e. The molecule has 0 saturated carbocycles. The summed E-state index contributed by atoms with van der Waals surface area (Å²) in [6.07, 6.45) is 5.07. The van der Waals surface area contributed by atoms with Gasteiger partial charge in [-0.15, -0.1) is 6.42 Å². The van der Waals surface area contributed by atoms with Gasteiger partial charge in [-0.2, -0.15) is 0 Å². The molecule has 76 valence electrons. The van der Waals surface area contributed by atoms with Gasteiger partial charge in [0, 0.05) is 5.56 Å². The molecular weight excluding hydrogens is 190 g/mol. The third kappa shape index (κ3) is 1.79. The Bertz CT molecular complexity index is 420. The van der Waals surface area contributed by atoms with Gasteiger partial charge in [0.1, 0.15) is 18.3 Å². The lowest BCUT2D eigenvalue weighted by Gasteiger charge is -2.07. The van der Waals surface area contributed by atoms with Gasteiger partial charge in [0.05, 0.1) is 6.54 Å². The Morgan fingerprint density at radius 2 is 2.40 bits per heavy atom. The van der Waals surface area contributed by atoms with Crippen molar-refractivity contribution in [3.8, 4) is 18.1 Å². The van der Waals surface area contributed by atoms with E-state index in [4.69, 9.17) is 11.2 Å². The fraction of sp³-hybridized carbons (Fsp3) is 0.250. The summed E-state index contributed by atoms with van der Waals surface area (Å²) in [5.41, 5.74) is 0.937. The van der Waals surface area contributed by atoms with E-state index in [2.05, 4.69) is 11.2 Å². The van der Waals surface area contributed by atoms with Gasteiger partial charge in [-0.3, -0.25) is 4.79 Å². The molecule has 1 aliphatic heterocycles. The maximum Gasteiger partial charge on any atom is 0.231 e. The summed E-state index contributed by atoms with van der Waals surface area (Å²) in [6, 6.07) is 7.56. The van der Waals surface area contributed by atoms with E-state index in [0.717, 1.165) is 11.3 Å². The third-order valence-electron chi connectivity index (χ3n) is 2.38. The highest BCUT2D eigenvalue weighted by Gasteiger charge is 2.29. The second-order valence-corrected chi connectivity index (χ2v) is 3.32. The Hall–Kier alpha value is -1.95. The van der Waals surface area contributed by atoms with Crippen molar-refractivity contribution in [3.63, 3.8) is 0 Å². The molecule has 0 radical (unpaired) electrons. The highest BCUT2D eigenvalue weighted by molar-refractivity contribution is 5.85. The van der Waals surface area contributed by atoms with Gasteiger partial charge in [0.2, 0.25) is 5.91 Å². The Morgan fingerprint density at radius 1 is 1.60 bits per heavy atom. The molecule has 0 fully saturated rings. The minimum atomic E-state index is -0.227. The van der Waals surface area contributed by atoms with E-state index in [1.165, 1.54) is 0 Å². The van der Waals surface area contributed by atoms with Crippen molar-refractivity contribution in [2.45, 2.75) is 5.92 Å². The van der Waals surface area contributed by atoms with Crippen LogP contribution < -0.4 is 10.1 Å². The number of terminal acetylenes is 1. The van der Waals surface area contributed by atoms with Crippen LogP contribution in [-0.4, -0.2) is 19.1 Å². The Kier molecular flexibility index (Phi) is 2.59. The molecule has 0 spiro atoms. The number of para-hydroxylation sites is 1. The molecular formula is C12H11NO2. The molecule has 3 nitrogen and oxygen atoms in total. The molecule has 1 aliphatic rings. The van der Waals surface area contributed by atoms with Crippen molar-refractivity contribution in [3.05, 3.63) is 29.8 Å². The number of carbonyl (C=O) groups is 1. The number of benzene rings is 1. The lowest BCUT2D eigenvalue weighted by Crippen LogP contribution is -2.30. The average Bonchev–Trinajstić information content (AvgIpc) is 2.69. The van der Waals surface area contributed by atoms with Gasteiger partial charge in [-0.25, -0.2) is 0 Å². The minimum absolute atomic E-state index is 0.0714. The quantitative estimate of drug-likeness (QED) is 0.722. The molecule has 1 N–H and O–H groups in total. The molecule has 0 saturated heterocycles. The standard InChI is InChI=1S/C12H11NO2/c1-2-7-13-12(14)10-8-15-11-6-4-3-5-9(10)11/h1,3-6,10H,7-8H2,(H,13,14). The van der Waals surface area contributed by atoms with Crippen molar-refractivity contribution in [1.82, 2.24) is 5.32 Å². The zero-order valence-corrected chi connectivity index (χ0v) is 8.19. The van der Waals surface area contributed by atoms with Gasteiger partial charge in [-0.05, 0) is 6.07 Å². The second-order valence-electron chi connectivity index (χ2n) is 3.32. The number of ether oxygens (including phenoxy) is 1. The second kappa shape index (κ2) is 4.05. The van der Waals surface area contributed by atoms with E-state index < -0.39 is 0 Å². The highest BCUT2D eigenvalue weighted by atomic mass is 16.5. The van der Waals surface area contributed by atoms with Crippen molar-refractivity contribution in [2.75, 3.05) is 13.2 Å². The summed E-state index contributed by atoms with van der Waals surface area (Å²) in [6.45, 7) is 0.660. The first-order valence-electron chi connectivity index (χ1n) is 4.76. The Labute approximate surface area is 88.4 Å². The van der Waals surface area contributed by atoms with Crippen LogP contribution in [-0.2, 0) is 4.79 Å². The van der Waals surface area contributed by atoms with Crippen LogP contribution in [0, 0.1) is 12.3 Å². The molecule has 2 rings (SSSR count). The summed E-state index contributed by atoms with van der Waals surface area (Å²) in [4.78, 5) is 11.7. The van der Waals surface area contributed by atoms with Crippen molar-refractivity contribution >= 4 is 5.91 Å². The number of rotatable bonds is 2. The van der Waals surface area contributed by atoms with Gasteiger partial charge in [-0.1, -0.05) is 24.1 Å². The Balaban J connectivity index is 2.14. The van der Waals surface area contributed by atoms with Crippen LogP contribution >= 0.6 is 0 Å². The molecule has 1 aromatic carbocycles. The van der Waals surface area contributed by atoms with Crippen molar-refractivity contribution in [1.29, 1.82) is 0 Å². The number of hydrogen-bond donors (Lipinski definition) is 1. The first-order valence-corrected chi connectivity index (χ1v) is 4.76. The predicted octanol–water partition coefficient (Wildman–Crippen LogP) is 0.912. The van der Waals surface area contributed by atoms with Gasteiger partial charge in [0.15, 0.2) is 0 Å². The van der Waals surface area contributed by atoms with Crippen molar-refractivity contribution in [2.24, 2.45) is 0 Å². The topological polar surface area (TPSA) is 38.3 Å². The Morgan fingerprint density at radius 3 is 3.20 bits per heavy atom. The molecule has 15 heavy (non-hydrogen) atoms. The van der Waals surface area contributed by atoms with Crippen LogP contribution in [0.4, 0.5) is 0 Å². The lowest BCUT2D eigenvalue weighted by molar-refractivity contribution is -0.122. The molecule has 0 bridgehead atoms. The molecule has 1 amide bonds. The number of carbonyl (C=O) groups excluding carboxylic acids is 1. The van der Waals surface area contributed by atoms with Crippen LogP contribution in [0.3, 0.4) is 0 Å². The van der Waals surface area contributed by atoms with E-state index in [-0.39, 0.29) is 18.4 Å². The summed E-state index contributed by atoms with van der Waals surface area (Å²) < 4.78 is 5.40. The zero-order valence-electron chi connectivity index (χ0n) is 8.19. The van der Waals surface area contributed by atoms with E-state index in [9.17, 15) is 4.79 Å². The molecule has 1 unspecified atom stereocenters. The van der Waals surface area contributed by atoms with Crippen molar-refractivity contribution < 1.29 is 9.53 Å². The number of nitrogens with one attached hydrogen (secondary N) is 1. The predicted molar refractivity (Wildman–Crippen MR) is 56.5 cm³/mol. The fourth-order valence-electron chi connectivity index (χ4n) is 1.64. The first kappa shape index (κ1) is 9.60.